The molecule has 6 nitrogen and oxygen atoms in total. The zero-order chi connectivity index (χ0) is 22.3. The Morgan fingerprint density at radius 1 is 1.09 bits per heavy atom. The Balaban J connectivity index is 1.21. The standard InChI is InChI=1S/C25H34ClN5O/c1-20(22-8-2-3-9-23(22)26)28-25(32)19-30-12-6-7-21(18-30)17-29-13-15-31(16-14-29)24-10-4-5-11-27-24/h2-5,8-11,20-21H,6-7,12-19H2,1H3,(H,28,32). The van der Waals surface area contributed by atoms with Crippen LogP contribution in [0.4, 0.5) is 5.82 Å². The van der Waals surface area contributed by atoms with Gasteiger partial charge in [0.2, 0.25) is 5.91 Å². The zero-order valence-corrected chi connectivity index (χ0v) is 19.7. The molecule has 0 aliphatic carbocycles. The van der Waals surface area contributed by atoms with E-state index in [-0.39, 0.29) is 11.9 Å². The number of nitrogens with zero attached hydrogens (tertiary/aromatic N) is 4. The van der Waals surface area contributed by atoms with Crippen LogP contribution >= 0.6 is 11.6 Å². The lowest BCUT2D eigenvalue weighted by Gasteiger charge is -2.39. The Labute approximate surface area is 196 Å². The maximum atomic E-state index is 12.7. The first kappa shape index (κ1) is 23.0. The summed E-state index contributed by atoms with van der Waals surface area (Å²) < 4.78 is 0. The summed E-state index contributed by atoms with van der Waals surface area (Å²) in [6.45, 7) is 9.75. The maximum Gasteiger partial charge on any atom is 0.234 e. The van der Waals surface area contributed by atoms with Crippen molar-refractivity contribution < 1.29 is 4.79 Å². The summed E-state index contributed by atoms with van der Waals surface area (Å²) in [5.74, 6) is 1.77. The topological polar surface area (TPSA) is 51.7 Å². The smallest absolute Gasteiger partial charge is 0.234 e. The van der Waals surface area contributed by atoms with Gasteiger partial charge in [-0.3, -0.25) is 14.6 Å². The third-order valence-corrected chi connectivity index (χ3v) is 6.93. The van der Waals surface area contributed by atoms with E-state index in [1.807, 2.05) is 43.5 Å². The average Bonchev–Trinajstić information content (AvgIpc) is 2.80. The quantitative estimate of drug-likeness (QED) is 0.693. The van der Waals surface area contributed by atoms with Crippen LogP contribution in [0.15, 0.2) is 48.7 Å². The maximum absolute atomic E-state index is 12.7. The molecule has 1 N–H and O–H groups in total. The number of piperidine rings is 1. The number of amides is 1. The number of piperazine rings is 1. The van der Waals surface area contributed by atoms with E-state index >= 15 is 0 Å². The van der Waals surface area contributed by atoms with Crippen molar-refractivity contribution in [2.75, 3.05) is 57.3 Å². The van der Waals surface area contributed by atoms with Crippen LogP contribution in [0, 0.1) is 5.92 Å². The van der Waals surface area contributed by atoms with Crippen LogP contribution in [0.1, 0.15) is 31.4 Å². The molecule has 4 rings (SSSR count). The highest BCUT2D eigenvalue weighted by Gasteiger charge is 2.26. The molecule has 3 heterocycles. The first-order valence-electron chi connectivity index (χ1n) is 11.7. The second-order valence-electron chi connectivity index (χ2n) is 9.03. The molecule has 0 saturated carbocycles. The van der Waals surface area contributed by atoms with Crippen LogP contribution in [-0.4, -0.2) is 73.0 Å². The van der Waals surface area contributed by atoms with Gasteiger partial charge in [0.05, 0.1) is 12.6 Å². The van der Waals surface area contributed by atoms with Gasteiger partial charge in [-0.05, 0) is 56.0 Å². The van der Waals surface area contributed by atoms with E-state index in [4.69, 9.17) is 11.6 Å². The SMILES string of the molecule is CC(NC(=O)CN1CCCC(CN2CCN(c3ccccn3)CC2)C1)c1ccccc1Cl. The minimum atomic E-state index is -0.0906. The Morgan fingerprint density at radius 2 is 1.88 bits per heavy atom. The molecule has 1 amide bonds. The monoisotopic (exact) mass is 455 g/mol. The minimum Gasteiger partial charge on any atom is -0.354 e. The summed E-state index contributed by atoms with van der Waals surface area (Å²) in [7, 11) is 0. The molecule has 32 heavy (non-hydrogen) atoms. The van der Waals surface area contributed by atoms with E-state index in [0.29, 0.717) is 17.5 Å². The lowest BCUT2D eigenvalue weighted by atomic mass is 9.97. The van der Waals surface area contributed by atoms with Gasteiger partial charge in [0, 0.05) is 50.5 Å². The van der Waals surface area contributed by atoms with Crippen molar-refractivity contribution in [3.63, 3.8) is 0 Å². The van der Waals surface area contributed by atoms with Gasteiger partial charge < -0.3 is 10.2 Å². The van der Waals surface area contributed by atoms with E-state index in [2.05, 4.69) is 37.1 Å². The lowest BCUT2D eigenvalue weighted by molar-refractivity contribution is -0.123. The van der Waals surface area contributed by atoms with Crippen LogP contribution in [0.5, 0.6) is 0 Å². The van der Waals surface area contributed by atoms with E-state index in [0.717, 1.165) is 63.6 Å². The van der Waals surface area contributed by atoms with Crippen LogP contribution in [0.2, 0.25) is 5.02 Å². The van der Waals surface area contributed by atoms with E-state index in [1.54, 1.807) is 0 Å². The molecule has 2 aromatic rings. The van der Waals surface area contributed by atoms with Crippen molar-refractivity contribution in [1.29, 1.82) is 0 Å². The summed E-state index contributed by atoms with van der Waals surface area (Å²) >= 11 is 6.28. The van der Waals surface area contributed by atoms with Crippen molar-refractivity contribution in [3.05, 3.63) is 59.2 Å². The minimum absolute atomic E-state index is 0.0713. The number of carbonyl (C=O) groups is 1. The molecule has 2 saturated heterocycles. The molecular weight excluding hydrogens is 422 g/mol. The van der Waals surface area contributed by atoms with Gasteiger partial charge in [0.25, 0.3) is 0 Å². The number of pyridine rings is 1. The van der Waals surface area contributed by atoms with Crippen molar-refractivity contribution in [2.45, 2.75) is 25.8 Å². The predicted molar refractivity (Wildman–Crippen MR) is 130 cm³/mol. The molecule has 0 bridgehead atoms. The number of anilines is 1. The summed E-state index contributed by atoms with van der Waals surface area (Å²) in [5, 5.41) is 3.81. The molecule has 1 aromatic carbocycles. The third kappa shape index (κ3) is 6.21. The van der Waals surface area contributed by atoms with Crippen LogP contribution < -0.4 is 10.2 Å². The van der Waals surface area contributed by atoms with Gasteiger partial charge in [-0.2, -0.15) is 0 Å². The molecule has 7 heteroatoms. The summed E-state index contributed by atoms with van der Waals surface area (Å²) in [6, 6.07) is 13.7. The Hall–Kier alpha value is -2.15. The van der Waals surface area contributed by atoms with Crippen LogP contribution in [0.25, 0.3) is 0 Å². The van der Waals surface area contributed by atoms with E-state index in [9.17, 15) is 4.79 Å². The number of likely N-dealkylation sites (tertiary alicyclic amines) is 1. The zero-order valence-electron chi connectivity index (χ0n) is 18.9. The van der Waals surface area contributed by atoms with Crippen molar-refractivity contribution in [3.8, 4) is 0 Å². The first-order chi connectivity index (χ1) is 15.6. The number of hydrogen-bond donors (Lipinski definition) is 1. The predicted octanol–water partition coefficient (Wildman–Crippen LogP) is 3.45. The van der Waals surface area contributed by atoms with Gasteiger partial charge in [-0.15, -0.1) is 0 Å². The Kier molecular flexibility index (Phi) is 8.00. The summed E-state index contributed by atoms with van der Waals surface area (Å²) in [4.78, 5) is 24.4. The Bertz CT molecular complexity index is 872. The molecule has 172 valence electrons. The number of nitrogens with one attached hydrogen (secondary N) is 1. The fraction of sp³-hybridized carbons (Fsp3) is 0.520. The second-order valence-corrected chi connectivity index (χ2v) is 9.44. The fourth-order valence-corrected chi connectivity index (χ4v) is 5.20. The number of carbonyl (C=O) groups excluding carboxylic acids is 1. The molecule has 2 unspecified atom stereocenters. The highest BCUT2D eigenvalue weighted by Crippen LogP contribution is 2.23. The van der Waals surface area contributed by atoms with Gasteiger partial charge in [-0.25, -0.2) is 4.98 Å². The van der Waals surface area contributed by atoms with Gasteiger partial charge in [0.1, 0.15) is 5.82 Å². The van der Waals surface area contributed by atoms with Gasteiger partial charge >= 0.3 is 0 Å². The molecule has 2 atom stereocenters. The molecule has 0 spiro atoms. The molecule has 2 aliphatic rings. The highest BCUT2D eigenvalue weighted by molar-refractivity contribution is 6.31. The molecule has 2 fully saturated rings. The number of rotatable bonds is 7. The molecular formula is C25H34ClN5O. The fourth-order valence-electron chi connectivity index (χ4n) is 4.90. The van der Waals surface area contributed by atoms with Gasteiger partial charge in [-0.1, -0.05) is 35.9 Å². The normalized spacial score (nSPS) is 21.3. The summed E-state index contributed by atoms with van der Waals surface area (Å²) in [5.41, 5.74) is 0.962. The molecule has 0 radical (unpaired) electrons. The third-order valence-electron chi connectivity index (χ3n) is 6.58. The number of halogens is 1. The van der Waals surface area contributed by atoms with E-state index in [1.165, 1.54) is 6.42 Å². The highest BCUT2D eigenvalue weighted by atomic mass is 35.5. The average molecular weight is 456 g/mol. The molecule has 2 aliphatic heterocycles. The summed E-state index contributed by atoms with van der Waals surface area (Å²) in [6.07, 6.45) is 4.27. The van der Waals surface area contributed by atoms with E-state index < -0.39 is 0 Å². The van der Waals surface area contributed by atoms with Crippen LogP contribution in [0.3, 0.4) is 0 Å². The van der Waals surface area contributed by atoms with Crippen molar-refractivity contribution >= 4 is 23.3 Å². The van der Waals surface area contributed by atoms with Crippen molar-refractivity contribution in [2.24, 2.45) is 5.92 Å². The first-order valence-corrected chi connectivity index (χ1v) is 12.1. The van der Waals surface area contributed by atoms with Crippen LogP contribution in [-0.2, 0) is 4.79 Å². The number of aromatic nitrogens is 1. The lowest BCUT2D eigenvalue weighted by Crippen LogP contribution is -2.50. The van der Waals surface area contributed by atoms with Crippen molar-refractivity contribution in [1.82, 2.24) is 20.1 Å². The number of benzene rings is 1. The molecule has 1 aromatic heterocycles. The van der Waals surface area contributed by atoms with Gasteiger partial charge in [0.15, 0.2) is 0 Å². The Morgan fingerprint density at radius 3 is 2.62 bits per heavy atom. The largest absolute Gasteiger partial charge is 0.354 e. The second kappa shape index (κ2) is 11.1. The number of hydrogen-bond acceptors (Lipinski definition) is 5.